The van der Waals surface area contributed by atoms with Gasteiger partial charge in [0.2, 0.25) is 0 Å². The van der Waals surface area contributed by atoms with Crippen LogP contribution in [0, 0.1) is 5.92 Å². The summed E-state index contributed by atoms with van der Waals surface area (Å²) in [5.74, 6) is 0.272. The third-order valence-electron chi connectivity index (χ3n) is 3.63. The van der Waals surface area contributed by atoms with E-state index in [1.807, 2.05) is 6.92 Å². The lowest BCUT2D eigenvalue weighted by atomic mass is 9.95. The molecule has 0 saturated carbocycles. The fraction of sp³-hybridized carbons (Fsp3) is 0.929. The van der Waals surface area contributed by atoms with Crippen molar-refractivity contribution in [3.05, 3.63) is 0 Å². The molecule has 18 heavy (non-hydrogen) atoms. The predicted octanol–water partition coefficient (Wildman–Crippen LogP) is 2.08. The first-order valence-corrected chi connectivity index (χ1v) is 7.07. The Morgan fingerprint density at radius 2 is 1.94 bits per heavy atom. The number of ether oxygens (including phenoxy) is 2. The average Bonchev–Trinajstić information content (AvgIpc) is 2.37. The first-order chi connectivity index (χ1) is 8.69. The molecule has 2 atom stereocenters. The molecule has 1 aliphatic heterocycles. The highest BCUT2D eigenvalue weighted by molar-refractivity contribution is 5.70. The van der Waals surface area contributed by atoms with Crippen LogP contribution in [0.5, 0.6) is 0 Å². The molecule has 1 fully saturated rings. The Kier molecular flexibility index (Phi) is 7.28. The summed E-state index contributed by atoms with van der Waals surface area (Å²) in [6.07, 6.45) is 4.26. The van der Waals surface area contributed by atoms with Crippen molar-refractivity contribution < 1.29 is 14.3 Å². The minimum Gasteiger partial charge on any atom is -0.466 e. The van der Waals surface area contributed by atoms with Gasteiger partial charge in [0.25, 0.3) is 0 Å². The van der Waals surface area contributed by atoms with Crippen molar-refractivity contribution >= 4 is 5.97 Å². The van der Waals surface area contributed by atoms with E-state index in [4.69, 9.17) is 9.47 Å². The molecule has 0 spiro atoms. The highest BCUT2D eigenvalue weighted by Gasteiger charge is 2.28. The largest absolute Gasteiger partial charge is 0.466 e. The molecule has 1 aliphatic rings. The van der Waals surface area contributed by atoms with Crippen molar-refractivity contribution in [3.8, 4) is 0 Å². The topological polar surface area (TPSA) is 38.8 Å². The Morgan fingerprint density at radius 1 is 1.28 bits per heavy atom. The summed E-state index contributed by atoms with van der Waals surface area (Å²) in [6, 6.07) is 0.254. The molecule has 0 aromatic rings. The number of likely N-dealkylation sites (tertiary alicyclic amines) is 1. The third kappa shape index (κ3) is 4.94. The van der Waals surface area contributed by atoms with Gasteiger partial charge in [0.15, 0.2) is 0 Å². The minimum atomic E-state index is -0.0870. The summed E-state index contributed by atoms with van der Waals surface area (Å²) >= 11 is 0. The van der Waals surface area contributed by atoms with Crippen LogP contribution in [0.4, 0.5) is 0 Å². The van der Waals surface area contributed by atoms with Gasteiger partial charge >= 0.3 is 5.97 Å². The number of hydrogen-bond acceptors (Lipinski definition) is 4. The maximum atomic E-state index is 11.7. The lowest BCUT2D eigenvalue weighted by Gasteiger charge is -2.37. The van der Waals surface area contributed by atoms with Crippen molar-refractivity contribution in [2.45, 2.75) is 45.6 Å². The fourth-order valence-electron chi connectivity index (χ4n) is 2.70. The molecule has 2 unspecified atom stereocenters. The Hall–Kier alpha value is -0.610. The van der Waals surface area contributed by atoms with E-state index in [0.717, 1.165) is 13.1 Å². The van der Waals surface area contributed by atoms with Crippen LogP contribution in [0.3, 0.4) is 0 Å². The van der Waals surface area contributed by atoms with Crippen LogP contribution in [0.2, 0.25) is 0 Å². The summed E-state index contributed by atoms with van der Waals surface area (Å²) in [7, 11) is 1.72. The van der Waals surface area contributed by atoms with Crippen LogP contribution in [0.25, 0.3) is 0 Å². The van der Waals surface area contributed by atoms with Crippen molar-refractivity contribution in [3.63, 3.8) is 0 Å². The molecule has 4 heteroatoms. The first-order valence-electron chi connectivity index (χ1n) is 7.07. The van der Waals surface area contributed by atoms with Gasteiger partial charge in [-0.1, -0.05) is 13.3 Å². The van der Waals surface area contributed by atoms with Gasteiger partial charge in [-0.3, -0.25) is 9.69 Å². The average molecular weight is 257 g/mol. The lowest BCUT2D eigenvalue weighted by molar-refractivity contribution is -0.145. The molecule has 0 bridgehead atoms. The van der Waals surface area contributed by atoms with Gasteiger partial charge in [0, 0.05) is 13.2 Å². The Bertz CT molecular complexity index is 239. The van der Waals surface area contributed by atoms with Crippen LogP contribution >= 0.6 is 0 Å². The number of carbonyl (C=O) groups excluding carboxylic acids is 1. The van der Waals surface area contributed by atoms with Gasteiger partial charge in [-0.05, 0) is 38.8 Å². The highest BCUT2D eigenvalue weighted by Crippen LogP contribution is 2.21. The van der Waals surface area contributed by atoms with Crippen molar-refractivity contribution in [1.29, 1.82) is 0 Å². The zero-order valence-corrected chi connectivity index (χ0v) is 12.0. The van der Waals surface area contributed by atoms with E-state index in [1.165, 1.54) is 19.3 Å². The van der Waals surface area contributed by atoms with Crippen molar-refractivity contribution in [2.75, 3.05) is 33.4 Å². The highest BCUT2D eigenvalue weighted by atomic mass is 16.5. The number of esters is 1. The molecule has 1 rings (SSSR count). The molecule has 0 radical (unpaired) electrons. The van der Waals surface area contributed by atoms with Crippen LogP contribution in [0.15, 0.2) is 0 Å². The van der Waals surface area contributed by atoms with E-state index >= 15 is 0 Å². The molecule has 0 aromatic carbocycles. The summed E-state index contributed by atoms with van der Waals surface area (Å²) < 4.78 is 10.3. The maximum absolute atomic E-state index is 11.7. The molecular weight excluding hydrogens is 230 g/mol. The number of methoxy groups -OCH3 is 1. The predicted molar refractivity (Wildman–Crippen MR) is 71.5 cm³/mol. The number of piperidine rings is 1. The quantitative estimate of drug-likeness (QED) is 0.655. The minimum absolute atomic E-state index is 0.0870. The lowest BCUT2D eigenvalue weighted by Crippen LogP contribution is -2.45. The van der Waals surface area contributed by atoms with Gasteiger partial charge in [-0.25, -0.2) is 0 Å². The normalized spacial score (nSPS) is 20.4. The van der Waals surface area contributed by atoms with E-state index in [0.29, 0.717) is 25.6 Å². The van der Waals surface area contributed by atoms with Crippen LogP contribution < -0.4 is 0 Å². The second-order valence-electron chi connectivity index (χ2n) is 5.11. The molecular formula is C14H27NO3. The molecule has 0 amide bonds. The SMILES string of the molecule is CCOC(=O)CC(C(C)COC)N1CCCCC1. The van der Waals surface area contributed by atoms with Gasteiger partial charge in [0.1, 0.15) is 0 Å². The number of carbonyl (C=O) groups is 1. The molecule has 1 saturated heterocycles. The number of nitrogens with zero attached hydrogens (tertiary/aromatic N) is 1. The van der Waals surface area contributed by atoms with Crippen LogP contribution in [-0.2, 0) is 14.3 Å². The summed E-state index contributed by atoms with van der Waals surface area (Å²) in [5, 5.41) is 0. The van der Waals surface area contributed by atoms with Crippen molar-refractivity contribution in [2.24, 2.45) is 5.92 Å². The Morgan fingerprint density at radius 3 is 2.50 bits per heavy atom. The standard InChI is InChI=1S/C14H27NO3/c1-4-18-14(16)10-13(12(2)11-17-3)15-8-6-5-7-9-15/h12-13H,4-11H2,1-3H3. The molecule has 0 aliphatic carbocycles. The third-order valence-corrected chi connectivity index (χ3v) is 3.63. The van der Waals surface area contributed by atoms with Gasteiger partial charge in [-0.15, -0.1) is 0 Å². The van der Waals surface area contributed by atoms with Gasteiger partial charge in [0.05, 0.1) is 19.6 Å². The van der Waals surface area contributed by atoms with E-state index in [2.05, 4.69) is 11.8 Å². The van der Waals surface area contributed by atoms with E-state index in [9.17, 15) is 4.79 Å². The Labute approximate surface area is 111 Å². The zero-order valence-electron chi connectivity index (χ0n) is 12.0. The van der Waals surface area contributed by atoms with Crippen LogP contribution in [0.1, 0.15) is 39.5 Å². The zero-order chi connectivity index (χ0) is 13.4. The van der Waals surface area contributed by atoms with E-state index < -0.39 is 0 Å². The second kappa shape index (κ2) is 8.48. The van der Waals surface area contributed by atoms with Gasteiger partial charge in [-0.2, -0.15) is 0 Å². The summed E-state index contributed by atoms with van der Waals surface area (Å²) in [4.78, 5) is 14.1. The molecule has 106 valence electrons. The maximum Gasteiger partial charge on any atom is 0.307 e. The second-order valence-corrected chi connectivity index (χ2v) is 5.11. The smallest absolute Gasteiger partial charge is 0.307 e. The van der Waals surface area contributed by atoms with Gasteiger partial charge < -0.3 is 9.47 Å². The van der Waals surface area contributed by atoms with E-state index in [-0.39, 0.29) is 12.0 Å². The number of hydrogen-bond donors (Lipinski definition) is 0. The molecule has 0 aromatic heterocycles. The fourth-order valence-corrected chi connectivity index (χ4v) is 2.70. The Balaban J connectivity index is 2.57. The molecule has 4 nitrogen and oxygen atoms in total. The summed E-state index contributed by atoms with van der Waals surface area (Å²) in [6.45, 7) is 7.36. The van der Waals surface area contributed by atoms with Crippen LogP contribution in [-0.4, -0.2) is 50.3 Å². The molecule has 1 heterocycles. The van der Waals surface area contributed by atoms with E-state index in [1.54, 1.807) is 7.11 Å². The first kappa shape index (κ1) is 15.4. The molecule has 0 N–H and O–H groups in total. The monoisotopic (exact) mass is 257 g/mol. The van der Waals surface area contributed by atoms with Crippen molar-refractivity contribution in [1.82, 2.24) is 4.90 Å². The summed E-state index contributed by atoms with van der Waals surface area (Å²) in [5.41, 5.74) is 0. The number of rotatable bonds is 7.